The molecule has 3 aromatic rings. The summed E-state index contributed by atoms with van der Waals surface area (Å²) in [6.07, 6.45) is 3.49. The molecule has 5 nitrogen and oxygen atoms in total. The Kier molecular flexibility index (Phi) is 5.86. The minimum Gasteiger partial charge on any atom is -0.384 e. The molecule has 2 heterocycles. The van der Waals surface area contributed by atoms with Gasteiger partial charge in [0, 0.05) is 27.6 Å². The molecule has 0 saturated carbocycles. The van der Waals surface area contributed by atoms with E-state index in [1.54, 1.807) is 13.0 Å². The van der Waals surface area contributed by atoms with E-state index in [1.165, 1.54) is 20.5 Å². The summed E-state index contributed by atoms with van der Waals surface area (Å²) in [6.45, 7) is 3.68. The summed E-state index contributed by atoms with van der Waals surface area (Å²) >= 11 is 1.84. The first-order valence-electron chi connectivity index (χ1n) is 10.5. The van der Waals surface area contributed by atoms with E-state index in [0.29, 0.717) is 18.7 Å². The Bertz CT molecular complexity index is 1110. The number of ketones is 1. The fourth-order valence-electron chi connectivity index (χ4n) is 4.21. The maximum atomic E-state index is 12.9. The first-order chi connectivity index (χ1) is 14.4. The van der Waals surface area contributed by atoms with Crippen LogP contribution in [0.5, 0.6) is 0 Å². The Labute approximate surface area is 180 Å². The molecule has 0 bridgehead atoms. The smallest absolute Gasteiger partial charge is 0.224 e. The van der Waals surface area contributed by atoms with Crippen molar-refractivity contribution in [1.82, 2.24) is 10.3 Å². The van der Waals surface area contributed by atoms with Gasteiger partial charge in [-0.15, -0.1) is 11.3 Å². The van der Waals surface area contributed by atoms with Crippen molar-refractivity contribution in [2.45, 2.75) is 52.0 Å². The minimum absolute atomic E-state index is 0.0119. The van der Waals surface area contributed by atoms with Crippen LogP contribution in [0.15, 0.2) is 36.4 Å². The molecule has 1 aromatic carbocycles. The highest BCUT2D eigenvalue weighted by atomic mass is 32.1. The molecule has 0 radical (unpaired) electrons. The van der Waals surface area contributed by atoms with Crippen molar-refractivity contribution in [2.24, 2.45) is 5.92 Å². The molecule has 0 fully saturated rings. The highest BCUT2D eigenvalue weighted by Crippen LogP contribution is 2.38. The molecule has 6 heteroatoms. The van der Waals surface area contributed by atoms with Gasteiger partial charge in [0.25, 0.3) is 0 Å². The first kappa shape index (κ1) is 20.5. The number of nitrogens with two attached hydrogens (primary N) is 1. The minimum atomic E-state index is -0.486. The lowest BCUT2D eigenvalue weighted by atomic mass is 9.86. The predicted molar refractivity (Wildman–Crippen MR) is 122 cm³/mol. The number of carbonyl (C=O) groups is 2. The van der Waals surface area contributed by atoms with Crippen LogP contribution in [0.2, 0.25) is 0 Å². The Morgan fingerprint density at radius 2 is 2.07 bits per heavy atom. The van der Waals surface area contributed by atoms with Crippen LogP contribution in [0.1, 0.15) is 41.5 Å². The third-order valence-corrected chi connectivity index (χ3v) is 7.30. The molecule has 1 aliphatic carbocycles. The van der Waals surface area contributed by atoms with Crippen molar-refractivity contribution in [3.8, 4) is 0 Å². The molecule has 2 atom stereocenters. The van der Waals surface area contributed by atoms with Gasteiger partial charge in [0.15, 0.2) is 5.78 Å². The van der Waals surface area contributed by atoms with Crippen LogP contribution in [0.3, 0.4) is 0 Å². The topological polar surface area (TPSA) is 85.1 Å². The van der Waals surface area contributed by atoms with Crippen LogP contribution < -0.4 is 11.1 Å². The molecule has 1 amide bonds. The highest BCUT2D eigenvalue weighted by Gasteiger charge is 2.29. The molecule has 30 heavy (non-hydrogen) atoms. The number of nitrogens with zero attached hydrogens (tertiary/aromatic N) is 1. The third-order valence-electron chi connectivity index (χ3n) is 6.02. The summed E-state index contributed by atoms with van der Waals surface area (Å²) in [4.78, 5) is 31.1. The van der Waals surface area contributed by atoms with Crippen LogP contribution in [0.25, 0.3) is 10.1 Å². The number of amides is 1. The Morgan fingerprint density at radius 1 is 1.27 bits per heavy atom. The zero-order chi connectivity index (χ0) is 21.3. The fraction of sp³-hybridized carbons (Fsp3) is 0.375. The molecule has 2 aromatic heterocycles. The fourth-order valence-corrected chi connectivity index (χ4v) is 5.46. The van der Waals surface area contributed by atoms with Gasteiger partial charge in [-0.1, -0.05) is 24.3 Å². The second-order valence-corrected chi connectivity index (χ2v) is 9.25. The molecule has 0 spiro atoms. The number of thiophene rings is 1. The second-order valence-electron chi connectivity index (χ2n) is 8.12. The molecule has 3 N–H and O–H groups in total. The quantitative estimate of drug-likeness (QED) is 0.630. The van der Waals surface area contributed by atoms with Gasteiger partial charge < -0.3 is 11.1 Å². The van der Waals surface area contributed by atoms with Gasteiger partial charge in [0.05, 0.1) is 6.04 Å². The van der Waals surface area contributed by atoms with Crippen LogP contribution in [0.4, 0.5) is 5.82 Å². The lowest BCUT2D eigenvalue weighted by molar-refractivity contribution is -0.130. The molecule has 0 unspecified atom stereocenters. The van der Waals surface area contributed by atoms with Crippen molar-refractivity contribution in [1.29, 1.82) is 0 Å². The maximum Gasteiger partial charge on any atom is 0.224 e. The number of carbonyl (C=O) groups excluding carboxylic acids is 2. The van der Waals surface area contributed by atoms with E-state index < -0.39 is 6.04 Å². The highest BCUT2D eigenvalue weighted by molar-refractivity contribution is 7.19. The molecule has 0 aliphatic heterocycles. The largest absolute Gasteiger partial charge is 0.384 e. The van der Waals surface area contributed by atoms with Gasteiger partial charge in [-0.05, 0) is 68.2 Å². The Hall–Kier alpha value is -2.73. The summed E-state index contributed by atoms with van der Waals surface area (Å²) in [7, 11) is 0. The summed E-state index contributed by atoms with van der Waals surface area (Å²) in [5.74, 6) is 0.436. The number of benzene rings is 1. The summed E-state index contributed by atoms with van der Waals surface area (Å²) in [5, 5.41) is 4.23. The van der Waals surface area contributed by atoms with E-state index in [1.807, 2.05) is 24.3 Å². The molecular formula is C24H27N3O2S. The number of hydrogen-bond acceptors (Lipinski definition) is 5. The van der Waals surface area contributed by atoms with Gasteiger partial charge in [-0.25, -0.2) is 4.98 Å². The predicted octanol–water partition coefficient (Wildman–Crippen LogP) is 4.00. The lowest BCUT2D eigenvalue weighted by Crippen LogP contribution is -2.43. The van der Waals surface area contributed by atoms with Crippen LogP contribution >= 0.6 is 11.3 Å². The number of fused-ring (bicyclic) bond motifs is 3. The van der Waals surface area contributed by atoms with E-state index in [-0.39, 0.29) is 17.6 Å². The number of pyridine rings is 1. The Morgan fingerprint density at radius 3 is 2.87 bits per heavy atom. The van der Waals surface area contributed by atoms with E-state index in [2.05, 4.69) is 34.6 Å². The van der Waals surface area contributed by atoms with E-state index in [0.717, 1.165) is 30.5 Å². The third kappa shape index (κ3) is 4.24. The van der Waals surface area contributed by atoms with Gasteiger partial charge in [0.1, 0.15) is 5.82 Å². The first-order valence-corrected chi connectivity index (χ1v) is 11.3. The van der Waals surface area contributed by atoms with Gasteiger partial charge in [-0.2, -0.15) is 0 Å². The Balaban J connectivity index is 1.34. The average molecular weight is 422 g/mol. The van der Waals surface area contributed by atoms with Crippen LogP contribution in [0, 0.1) is 12.8 Å². The number of nitrogen functional groups attached to an aromatic ring is 1. The number of anilines is 1. The number of rotatable bonds is 6. The summed E-state index contributed by atoms with van der Waals surface area (Å²) in [6, 6.07) is 11.6. The zero-order valence-corrected chi connectivity index (χ0v) is 18.2. The molecule has 156 valence electrons. The molecule has 0 saturated heterocycles. The van der Waals surface area contributed by atoms with Crippen molar-refractivity contribution in [3.05, 3.63) is 58.1 Å². The van der Waals surface area contributed by atoms with Crippen molar-refractivity contribution < 1.29 is 9.59 Å². The lowest BCUT2D eigenvalue weighted by Gasteiger charge is -2.23. The number of hydrogen-bond donors (Lipinski definition) is 2. The number of aromatic nitrogens is 1. The van der Waals surface area contributed by atoms with Gasteiger partial charge in [0.2, 0.25) is 5.91 Å². The van der Waals surface area contributed by atoms with Crippen LogP contribution in [-0.4, -0.2) is 22.7 Å². The van der Waals surface area contributed by atoms with Crippen molar-refractivity contribution >= 4 is 38.9 Å². The van der Waals surface area contributed by atoms with Gasteiger partial charge in [-0.3, -0.25) is 9.59 Å². The van der Waals surface area contributed by atoms with E-state index in [4.69, 9.17) is 5.73 Å². The normalized spacial score (nSPS) is 16.8. The molecule has 4 rings (SSSR count). The standard InChI is InChI=1S/C24H27N3O2S/c1-14-16(9-12-23(25)26-14)7-10-20(28)15(2)27-24(29)17-8-11-22-19(13-17)18-5-3-4-6-21(18)30-22/h3-6,9,12,15,17H,7-8,10-11,13H2,1-2H3,(H2,25,26)(H,27,29)/t15-,17+/m0/s1. The SMILES string of the molecule is Cc1nc(N)ccc1CCC(=O)[C@H](C)NC(=O)[C@@H]1CCc2sc3ccccc3c2C1. The van der Waals surface area contributed by atoms with Crippen molar-refractivity contribution in [3.63, 3.8) is 0 Å². The maximum absolute atomic E-state index is 12.9. The average Bonchev–Trinajstić information content (AvgIpc) is 3.10. The summed E-state index contributed by atoms with van der Waals surface area (Å²) in [5.41, 5.74) is 8.86. The number of nitrogens with one attached hydrogen (secondary N) is 1. The zero-order valence-electron chi connectivity index (χ0n) is 17.4. The van der Waals surface area contributed by atoms with E-state index >= 15 is 0 Å². The molecule has 1 aliphatic rings. The second kappa shape index (κ2) is 8.56. The number of Topliss-reactive ketones (excluding diaryl/α,β-unsaturated/α-hetero) is 1. The van der Waals surface area contributed by atoms with E-state index in [9.17, 15) is 9.59 Å². The molecular weight excluding hydrogens is 394 g/mol. The van der Waals surface area contributed by atoms with Crippen LogP contribution in [-0.2, 0) is 28.9 Å². The van der Waals surface area contributed by atoms with Crippen molar-refractivity contribution in [2.75, 3.05) is 5.73 Å². The summed E-state index contributed by atoms with van der Waals surface area (Å²) < 4.78 is 1.29. The monoisotopic (exact) mass is 421 g/mol. The van der Waals surface area contributed by atoms with Gasteiger partial charge >= 0.3 is 0 Å². The number of aryl methyl sites for hydroxylation is 3.